The van der Waals surface area contributed by atoms with E-state index in [9.17, 15) is 9.59 Å². The van der Waals surface area contributed by atoms with Crippen molar-refractivity contribution in [1.82, 2.24) is 9.66 Å². The van der Waals surface area contributed by atoms with Crippen molar-refractivity contribution >= 4 is 34.1 Å². The molecule has 0 spiro atoms. The Balaban J connectivity index is 1.66. The van der Waals surface area contributed by atoms with Crippen LogP contribution < -0.4 is 24.5 Å². The van der Waals surface area contributed by atoms with Gasteiger partial charge >= 0.3 is 5.97 Å². The quantitative estimate of drug-likeness (QED) is 0.279. The molecule has 0 bridgehead atoms. The molecule has 11 nitrogen and oxygen atoms in total. The van der Waals surface area contributed by atoms with Gasteiger partial charge in [0.1, 0.15) is 11.3 Å². The van der Waals surface area contributed by atoms with Crippen molar-refractivity contribution in [3.63, 3.8) is 0 Å². The second-order valence-electron chi connectivity index (χ2n) is 8.23. The predicted molar refractivity (Wildman–Crippen MR) is 143 cm³/mol. The standard InChI is InChI=1S/C28H23N3O8/c1-35-20-9-6-10-21-18(20)13-24(39-21)27-30-19-8-5-4-7-17(19)28(34)31(27)29-14-16-11-22(36-2)26(23(12-16)37-3)38-15-25(32)33/h4-14H,15H2,1-3H3,(H,32,33). The van der Waals surface area contributed by atoms with Crippen LogP contribution in [0.1, 0.15) is 5.56 Å². The fourth-order valence-corrected chi connectivity index (χ4v) is 4.09. The Hall–Kier alpha value is -5.32. The molecule has 0 radical (unpaired) electrons. The molecule has 0 fully saturated rings. The van der Waals surface area contributed by atoms with Gasteiger partial charge in [-0.1, -0.05) is 18.2 Å². The molecule has 1 N–H and O–H groups in total. The maximum atomic E-state index is 13.5. The summed E-state index contributed by atoms with van der Waals surface area (Å²) >= 11 is 0. The Bertz CT molecular complexity index is 1760. The largest absolute Gasteiger partial charge is 0.496 e. The van der Waals surface area contributed by atoms with E-state index in [1.807, 2.05) is 6.07 Å². The summed E-state index contributed by atoms with van der Waals surface area (Å²) in [4.78, 5) is 29.2. The molecule has 11 heteroatoms. The van der Waals surface area contributed by atoms with E-state index in [0.717, 1.165) is 10.1 Å². The number of aromatic nitrogens is 2. The second-order valence-corrected chi connectivity index (χ2v) is 8.23. The van der Waals surface area contributed by atoms with Crippen LogP contribution in [0.3, 0.4) is 0 Å². The number of rotatable bonds is 9. The molecule has 2 heterocycles. The number of methoxy groups -OCH3 is 3. The van der Waals surface area contributed by atoms with E-state index >= 15 is 0 Å². The molecule has 3 aromatic carbocycles. The molecule has 0 aliphatic heterocycles. The van der Waals surface area contributed by atoms with E-state index in [2.05, 4.69) is 10.1 Å². The number of carboxylic acid groups (broad SMARTS) is 1. The number of para-hydroxylation sites is 1. The molecule has 2 aromatic heterocycles. The molecule has 0 saturated carbocycles. The summed E-state index contributed by atoms with van der Waals surface area (Å²) in [5.74, 6) is 0.557. The Labute approximate surface area is 221 Å². The molecule has 0 aliphatic rings. The van der Waals surface area contributed by atoms with Crippen LogP contribution in [-0.2, 0) is 4.79 Å². The van der Waals surface area contributed by atoms with Crippen molar-refractivity contribution in [3.8, 4) is 34.6 Å². The molecule has 5 aromatic rings. The first-order valence-electron chi connectivity index (χ1n) is 11.7. The predicted octanol–water partition coefficient (Wildman–Crippen LogP) is 4.18. The summed E-state index contributed by atoms with van der Waals surface area (Å²) < 4.78 is 28.7. The number of hydrogen-bond acceptors (Lipinski definition) is 9. The van der Waals surface area contributed by atoms with E-state index in [-0.39, 0.29) is 23.1 Å². The van der Waals surface area contributed by atoms with Crippen LogP contribution in [-0.4, -0.2) is 54.9 Å². The number of benzene rings is 3. The highest BCUT2D eigenvalue weighted by Gasteiger charge is 2.19. The van der Waals surface area contributed by atoms with Crippen molar-refractivity contribution in [2.24, 2.45) is 5.10 Å². The van der Waals surface area contributed by atoms with Crippen LogP contribution in [0.5, 0.6) is 23.0 Å². The minimum atomic E-state index is -1.15. The highest BCUT2D eigenvalue weighted by atomic mass is 16.5. The average Bonchev–Trinajstić information content (AvgIpc) is 3.39. The molecule has 0 amide bonds. The van der Waals surface area contributed by atoms with Crippen molar-refractivity contribution in [2.75, 3.05) is 27.9 Å². The Morgan fingerprint density at radius 1 is 0.974 bits per heavy atom. The highest BCUT2D eigenvalue weighted by Crippen LogP contribution is 2.38. The van der Waals surface area contributed by atoms with Gasteiger partial charge in [-0.25, -0.2) is 9.78 Å². The van der Waals surface area contributed by atoms with Gasteiger partial charge in [-0.3, -0.25) is 4.79 Å². The molecule has 0 unspecified atom stereocenters. The molecule has 0 saturated heterocycles. The summed E-state index contributed by atoms with van der Waals surface area (Å²) in [5, 5.41) is 14.5. The van der Waals surface area contributed by atoms with Crippen LogP contribution >= 0.6 is 0 Å². The normalized spacial score (nSPS) is 11.3. The zero-order valence-corrected chi connectivity index (χ0v) is 21.2. The fourth-order valence-electron chi connectivity index (χ4n) is 4.09. The van der Waals surface area contributed by atoms with Gasteiger partial charge in [0.25, 0.3) is 5.56 Å². The van der Waals surface area contributed by atoms with Gasteiger partial charge in [0, 0.05) is 5.56 Å². The third kappa shape index (κ3) is 4.85. The molecule has 5 rings (SSSR count). The van der Waals surface area contributed by atoms with Crippen LogP contribution in [0, 0.1) is 0 Å². The van der Waals surface area contributed by atoms with E-state index in [1.54, 1.807) is 61.7 Å². The number of aliphatic carboxylic acids is 1. The number of nitrogens with zero attached hydrogens (tertiary/aromatic N) is 3. The van der Waals surface area contributed by atoms with Gasteiger partial charge in [0.05, 0.1) is 43.8 Å². The van der Waals surface area contributed by atoms with Crippen LogP contribution in [0.25, 0.3) is 33.5 Å². The topological polar surface area (TPSA) is 135 Å². The minimum absolute atomic E-state index is 0.126. The summed E-state index contributed by atoms with van der Waals surface area (Å²) in [7, 11) is 4.39. The lowest BCUT2D eigenvalue weighted by molar-refractivity contribution is -0.139. The number of hydrogen-bond donors (Lipinski definition) is 1. The van der Waals surface area contributed by atoms with Gasteiger partial charge < -0.3 is 28.5 Å². The number of carboxylic acids is 1. The lowest BCUT2D eigenvalue weighted by Gasteiger charge is -2.14. The fraction of sp³-hybridized carbons (Fsp3) is 0.143. The third-order valence-electron chi connectivity index (χ3n) is 5.86. The average molecular weight is 530 g/mol. The Morgan fingerprint density at radius 2 is 1.69 bits per heavy atom. The van der Waals surface area contributed by atoms with E-state index in [0.29, 0.717) is 33.6 Å². The van der Waals surface area contributed by atoms with Gasteiger partial charge in [-0.05, 0) is 42.5 Å². The number of ether oxygens (including phenoxy) is 4. The van der Waals surface area contributed by atoms with Crippen molar-refractivity contribution < 1.29 is 33.3 Å². The molecule has 0 atom stereocenters. The van der Waals surface area contributed by atoms with E-state index in [1.165, 1.54) is 20.4 Å². The molecule has 198 valence electrons. The summed E-state index contributed by atoms with van der Waals surface area (Å²) in [5.41, 5.74) is 1.14. The molecule has 39 heavy (non-hydrogen) atoms. The van der Waals surface area contributed by atoms with Crippen molar-refractivity contribution in [3.05, 3.63) is 76.6 Å². The van der Waals surface area contributed by atoms with E-state index in [4.69, 9.17) is 28.5 Å². The van der Waals surface area contributed by atoms with Crippen LogP contribution in [0.15, 0.2) is 75.0 Å². The highest BCUT2D eigenvalue weighted by molar-refractivity contribution is 5.89. The molecule has 0 aliphatic carbocycles. The lowest BCUT2D eigenvalue weighted by atomic mass is 10.2. The first-order valence-corrected chi connectivity index (χ1v) is 11.7. The summed E-state index contributed by atoms with van der Waals surface area (Å²) in [6.45, 7) is -0.579. The Morgan fingerprint density at radius 3 is 2.38 bits per heavy atom. The van der Waals surface area contributed by atoms with E-state index < -0.39 is 18.1 Å². The van der Waals surface area contributed by atoms with Crippen LogP contribution in [0.2, 0.25) is 0 Å². The number of furan rings is 1. The van der Waals surface area contributed by atoms with Crippen LogP contribution in [0.4, 0.5) is 0 Å². The first kappa shape index (κ1) is 25.3. The van der Waals surface area contributed by atoms with Gasteiger partial charge in [-0.15, -0.1) is 0 Å². The van der Waals surface area contributed by atoms with Gasteiger partial charge in [0.2, 0.25) is 11.6 Å². The Kier molecular flexibility index (Phi) is 6.87. The molecular weight excluding hydrogens is 506 g/mol. The smallest absolute Gasteiger partial charge is 0.341 e. The lowest BCUT2D eigenvalue weighted by Crippen LogP contribution is -2.20. The summed E-state index contributed by atoms with van der Waals surface area (Å²) in [6, 6.07) is 17.3. The molecular formula is C28H23N3O8. The van der Waals surface area contributed by atoms with Gasteiger partial charge in [0.15, 0.2) is 23.9 Å². The second kappa shape index (κ2) is 10.6. The van der Waals surface area contributed by atoms with Gasteiger partial charge in [-0.2, -0.15) is 9.78 Å². The SMILES string of the molecule is COc1cc(C=Nn2c(-c3cc4c(OC)cccc4o3)nc3ccccc3c2=O)cc(OC)c1OCC(=O)O. The first-order chi connectivity index (χ1) is 18.9. The zero-order valence-electron chi connectivity index (χ0n) is 21.2. The maximum Gasteiger partial charge on any atom is 0.341 e. The minimum Gasteiger partial charge on any atom is -0.496 e. The summed E-state index contributed by atoms with van der Waals surface area (Å²) in [6.07, 6.45) is 1.43. The monoisotopic (exact) mass is 529 g/mol. The zero-order chi connectivity index (χ0) is 27.5. The van der Waals surface area contributed by atoms with Crippen molar-refractivity contribution in [1.29, 1.82) is 0 Å². The number of carbonyl (C=O) groups is 1. The van der Waals surface area contributed by atoms with Crippen molar-refractivity contribution in [2.45, 2.75) is 0 Å². The number of fused-ring (bicyclic) bond motifs is 2. The third-order valence-corrected chi connectivity index (χ3v) is 5.86. The maximum absolute atomic E-state index is 13.5.